The van der Waals surface area contributed by atoms with Gasteiger partial charge >= 0.3 is 5.97 Å². The summed E-state index contributed by atoms with van der Waals surface area (Å²) in [6, 6.07) is 5.46. The Kier molecular flexibility index (Phi) is 5.71. The van der Waals surface area contributed by atoms with E-state index in [0.717, 1.165) is 19.3 Å². The molecule has 0 saturated carbocycles. The van der Waals surface area contributed by atoms with E-state index in [2.05, 4.69) is 0 Å². The lowest BCUT2D eigenvalue weighted by molar-refractivity contribution is -0.139. The predicted molar refractivity (Wildman–Crippen MR) is 95.2 cm³/mol. The second-order valence-corrected chi connectivity index (χ2v) is 7.15. The fourth-order valence-electron chi connectivity index (χ4n) is 4.00. The van der Waals surface area contributed by atoms with Crippen LogP contribution in [-0.4, -0.2) is 53.5 Å². The van der Waals surface area contributed by atoms with E-state index in [4.69, 9.17) is 9.84 Å². The second kappa shape index (κ2) is 7.99. The maximum atomic E-state index is 12.5. The van der Waals surface area contributed by atoms with E-state index in [1.807, 2.05) is 18.2 Å². The molecule has 26 heavy (non-hydrogen) atoms. The van der Waals surface area contributed by atoms with Crippen molar-refractivity contribution in [2.45, 2.75) is 57.1 Å². The topological polar surface area (TPSA) is 83.9 Å². The number of amides is 1. The van der Waals surface area contributed by atoms with E-state index < -0.39 is 5.97 Å². The van der Waals surface area contributed by atoms with Gasteiger partial charge in [-0.2, -0.15) is 0 Å². The fourth-order valence-corrected chi connectivity index (χ4v) is 4.00. The smallest absolute Gasteiger partial charge is 0.305 e. The number of methoxy groups -OCH3 is 1. The number of hydrogen-bond acceptors (Lipinski definition) is 4. The van der Waals surface area contributed by atoms with Crippen LogP contribution in [0.15, 0.2) is 18.2 Å². The number of aryl methyl sites for hydroxylation is 2. The first-order chi connectivity index (χ1) is 12.5. The summed E-state index contributed by atoms with van der Waals surface area (Å²) in [5, 5.41) is 9.04. The van der Waals surface area contributed by atoms with Crippen molar-refractivity contribution in [2.75, 3.05) is 13.7 Å². The van der Waals surface area contributed by atoms with Crippen molar-refractivity contribution in [2.24, 2.45) is 0 Å². The monoisotopic (exact) mass is 359 g/mol. The first-order valence-electron chi connectivity index (χ1n) is 9.17. The van der Waals surface area contributed by atoms with Crippen LogP contribution in [0.4, 0.5) is 0 Å². The molecule has 140 valence electrons. The zero-order chi connectivity index (χ0) is 18.7. The molecule has 0 aromatic heterocycles. The number of ketones is 1. The average Bonchev–Trinajstić information content (AvgIpc) is 3.24. The van der Waals surface area contributed by atoms with Gasteiger partial charge < -0.3 is 14.7 Å². The Morgan fingerprint density at radius 2 is 1.96 bits per heavy atom. The van der Waals surface area contributed by atoms with E-state index in [1.165, 1.54) is 11.1 Å². The van der Waals surface area contributed by atoms with Crippen LogP contribution in [0.1, 0.15) is 53.6 Å². The Bertz CT molecular complexity index is 714. The summed E-state index contributed by atoms with van der Waals surface area (Å²) in [6.45, 7) is 0.389. The summed E-state index contributed by atoms with van der Waals surface area (Å²) >= 11 is 0. The number of Topliss-reactive ketones (excluding diaryl/α,β-unsaturated/α-hetero) is 1. The largest absolute Gasteiger partial charge is 0.481 e. The minimum Gasteiger partial charge on any atom is -0.481 e. The Balaban J connectivity index is 1.58. The third-order valence-electron chi connectivity index (χ3n) is 5.43. The second-order valence-electron chi connectivity index (χ2n) is 7.15. The molecule has 1 aromatic carbocycles. The van der Waals surface area contributed by atoms with Crippen molar-refractivity contribution in [1.29, 1.82) is 0 Å². The molecule has 2 unspecified atom stereocenters. The molecule has 0 spiro atoms. The first-order valence-corrected chi connectivity index (χ1v) is 9.17. The lowest BCUT2D eigenvalue weighted by Crippen LogP contribution is -2.37. The van der Waals surface area contributed by atoms with E-state index in [-0.39, 0.29) is 43.1 Å². The van der Waals surface area contributed by atoms with Crippen LogP contribution >= 0.6 is 0 Å². The zero-order valence-corrected chi connectivity index (χ0v) is 15.1. The van der Waals surface area contributed by atoms with Crippen molar-refractivity contribution >= 4 is 17.7 Å². The molecule has 1 heterocycles. The summed E-state index contributed by atoms with van der Waals surface area (Å²) in [7, 11) is 1.56. The number of rotatable bonds is 7. The lowest BCUT2D eigenvalue weighted by Gasteiger charge is -2.23. The number of nitrogens with zero attached hydrogens (tertiary/aromatic N) is 1. The molecule has 1 aliphatic carbocycles. The highest BCUT2D eigenvalue weighted by atomic mass is 16.5. The van der Waals surface area contributed by atoms with Crippen molar-refractivity contribution < 1.29 is 24.2 Å². The number of carboxylic acid groups (broad SMARTS) is 1. The van der Waals surface area contributed by atoms with Crippen molar-refractivity contribution in [1.82, 2.24) is 4.90 Å². The van der Waals surface area contributed by atoms with Crippen LogP contribution in [0.5, 0.6) is 0 Å². The average molecular weight is 359 g/mol. The highest BCUT2D eigenvalue weighted by Crippen LogP contribution is 2.25. The molecule has 2 aliphatic rings. The molecule has 1 aromatic rings. The van der Waals surface area contributed by atoms with Gasteiger partial charge in [-0.3, -0.25) is 14.4 Å². The number of hydrogen-bond donors (Lipinski definition) is 1. The highest BCUT2D eigenvalue weighted by Gasteiger charge is 2.36. The summed E-state index contributed by atoms with van der Waals surface area (Å²) in [5.41, 5.74) is 3.22. The van der Waals surface area contributed by atoms with Gasteiger partial charge in [-0.25, -0.2) is 0 Å². The van der Waals surface area contributed by atoms with E-state index in [1.54, 1.807) is 12.0 Å². The number of aliphatic carboxylic acids is 1. The number of ether oxygens (including phenoxy) is 1. The van der Waals surface area contributed by atoms with Gasteiger partial charge in [0.1, 0.15) is 0 Å². The Morgan fingerprint density at radius 1 is 1.19 bits per heavy atom. The summed E-state index contributed by atoms with van der Waals surface area (Å²) in [5.74, 6) is -1.14. The molecule has 0 radical (unpaired) electrons. The van der Waals surface area contributed by atoms with Crippen LogP contribution in [-0.2, 0) is 27.2 Å². The molecular weight excluding hydrogens is 334 g/mol. The molecule has 6 nitrogen and oxygen atoms in total. The van der Waals surface area contributed by atoms with Crippen LogP contribution in [0.3, 0.4) is 0 Å². The van der Waals surface area contributed by atoms with Crippen LogP contribution in [0.2, 0.25) is 0 Å². The Labute approximate surface area is 153 Å². The van der Waals surface area contributed by atoms with Gasteiger partial charge in [0, 0.05) is 38.1 Å². The van der Waals surface area contributed by atoms with Gasteiger partial charge in [0.15, 0.2) is 5.78 Å². The zero-order valence-electron chi connectivity index (χ0n) is 15.1. The quantitative estimate of drug-likeness (QED) is 0.755. The van der Waals surface area contributed by atoms with Gasteiger partial charge in [0.2, 0.25) is 5.91 Å². The molecular formula is C20H25NO5. The highest BCUT2D eigenvalue weighted by molar-refractivity contribution is 5.98. The fraction of sp³-hybridized carbons (Fsp3) is 0.550. The van der Waals surface area contributed by atoms with Gasteiger partial charge in [0.25, 0.3) is 0 Å². The molecule has 6 heteroatoms. The third kappa shape index (κ3) is 4.12. The summed E-state index contributed by atoms with van der Waals surface area (Å²) < 4.78 is 5.29. The Morgan fingerprint density at radius 3 is 2.69 bits per heavy atom. The predicted octanol–water partition coefficient (Wildman–Crippen LogP) is 2.23. The van der Waals surface area contributed by atoms with Gasteiger partial charge in [-0.05, 0) is 42.9 Å². The molecule has 3 rings (SSSR count). The maximum Gasteiger partial charge on any atom is 0.305 e. The number of carbonyl (C=O) groups is 3. The van der Waals surface area contributed by atoms with Crippen LogP contribution in [0, 0.1) is 0 Å². The van der Waals surface area contributed by atoms with Crippen molar-refractivity contribution in [3.05, 3.63) is 34.9 Å². The summed E-state index contributed by atoms with van der Waals surface area (Å²) in [4.78, 5) is 37.6. The van der Waals surface area contributed by atoms with Gasteiger partial charge in [-0.1, -0.05) is 12.1 Å². The number of benzene rings is 1. The molecule has 0 bridgehead atoms. The minimum absolute atomic E-state index is 0.0367. The number of likely N-dealkylation sites (tertiary alicyclic amines) is 1. The van der Waals surface area contributed by atoms with E-state index >= 15 is 0 Å². The number of carboxylic acids is 1. The number of fused-ring (bicyclic) bond motifs is 1. The van der Waals surface area contributed by atoms with Crippen molar-refractivity contribution in [3.63, 3.8) is 0 Å². The molecule has 1 fully saturated rings. The molecule has 1 amide bonds. The van der Waals surface area contributed by atoms with Gasteiger partial charge in [0.05, 0.1) is 12.5 Å². The lowest BCUT2D eigenvalue weighted by atomic mass is 10.0. The molecule has 1 N–H and O–H groups in total. The molecule has 1 aliphatic heterocycles. The summed E-state index contributed by atoms with van der Waals surface area (Å²) in [6.07, 6.45) is 3.75. The van der Waals surface area contributed by atoms with Crippen LogP contribution < -0.4 is 0 Å². The first kappa shape index (κ1) is 18.6. The van der Waals surface area contributed by atoms with Crippen LogP contribution in [0.25, 0.3) is 0 Å². The normalized spacial score (nSPS) is 21.7. The third-order valence-corrected chi connectivity index (χ3v) is 5.43. The standard InChI is InChI=1S/C20H25NO5/c1-26-17-10-16(11-20(24)25)21(12-17)19(23)8-7-18(22)15-6-5-13-3-2-4-14(13)9-15/h5-6,9,16-17H,2-4,7-8,10-12H2,1H3,(H,24,25). The van der Waals surface area contributed by atoms with Crippen molar-refractivity contribution in [3.8, 4) is 0 Å². The SMILES string of the molecule is COC1CC(CC(=O)O)N(C(=O)CCC(=O)c2ccc3c(c2)CCC3)C1. The maximum absolute atomic E-state index is 12.5. The minimum atomic E-state index is -0.932. The van der Waals surface area contributed by atoms with E-state index in [9.17, 15) is 14.4 Å². The molecule has 1 saturated heterocycles. The van der Waals surface area contributed by atoms with E-state index in [0.29, 0.717) is 18.5 Å². The number of carbonyl (C=O) groups excluding carboxylic acids is 2. The Hall–Kier alpha value is -2.21. The molecule has 2 atom stereocenters. The van der Waals surface area contributed by atoms with Gasteiger partial charge in [-0.15, -0.1) is 0 Å².